The molecule has 0 radical (unpaired) electrons. The third kappa shape index (κ3) is 5.19. The number of carbonyl (C=O) groups excluding carboxylic acids is 2. The molecule has 6 heteroatoms. The van der Waals surface area contributed by atoms with Crippen LogP contribution >= 0.6 is 11.6 Å². The highest BCUT2D eigenvalue weighted by Gasteiger charge is 2.10. The summed E-state index contributed by atoms with van der Waals surface area (Å²) >= 11 is 6.09. The first-order valence-electron chi connectivity index (χ1n) is 9.50. The van der Waals surface area contributed by atoms with Gasteiger partial charge in [-0.2, -0.15) is 0 Å². The van der Waals surface area contributed by atoms with E-state index in [1.54, 1.807) is 42.5 Å². The summed E-state index contributed by atoms with van der Waals surface area (Å²) < 4.78 is 5.54. The van der Waals surface area contributed by atoms with Crippen molar-refractivity contribution in [3.63, 3.8) is 0 Å². The van der Waals surface area contributed by atoms with Crippen molar-refractivity contribution in [1.82, 2.24) is 0 Å². The van der Waals surface area contributed by atoms with Gasteiger partial charge >= 0.3 is 0 Å². The Morgan fingerprint density at radius 1 is 0.833 bits per heavy atom. The standard InChI is InChI=1S/C24H23ClN2O3/c1-15-6-4-8-21(16(15)2)26-23(28)14-30-19-12-10-18(11-13-19)24(29)27-22-9-5-7-20(25)17(22)3/h4-13H,14H2,1-3H3,(H,26,28)(H,27,29). The lowest BCUT2D eigenvalue weighted by atomic mass is 10.1. The van der Waals surface area contributed by atoms with Crippen LogP contribution in [0.4, 0.5) is 11.4 Å². The first-order chi connectivity index (χ1) is 14.3. The fraction of sp³-hybridized carbons (Fsp3) is 0.167. The van der Waals surface area contributed by atoms with Crippen LogP contribution in [0.25, 0.3) is 0 Å². The van der Waals surface area contributed by atoms with Crippen molar-refractivity contribution in [3.8, 4) is 5.75 Å². The summed E-state index contributed by atoms with van der Waals surface area (Å²) in [5.41, 5.74) is 4.85. The number of nitrogens with one attached hydrogen (secondary N) is 2. The van der Waals surface area contributed by atoms with Crippen LogP contribution in [0.5, 0.6) is 5.75 Å². The molecular formula is C24H23ClN2O3. The summed E-state index contributed by atoms with van der Waals surface area (Å²) in [7, 11) is 0. The average Bonchev–Trinajstić information content (AvgIpc) is 2.73. The lowest BCUT2D eigenvalue weighted by Crippen LogP contribution is -2.20. The molecule has 2 amide bonds. The molecule has 5 nitrogen and oxygen atoms in total. The van der Waals surface area contributed by atoms with Crippen LogP contribution < -0.4 is 15.4 Å². The number of aryl methyl sites for hydroxylation is 1. The van der Waals surface area contributed by atoms with E-state index in [9.17, 15) is 9.59 Å². The Kier molecular flexibility index (Phi) is 6.75. The number of amides is 2. The predicted octanol–water partition coefficient (Wildman–Crippen LogP) is 5.54. The maximum Gasteiger partial charge on any atom is 0.262 e. The molecule has 30 heavy (non-hydrogen) atoms. The van der Waals surface area contributed by atoms with Crippen molar-refractivity contribution < 1.29 is 14.3 Å². The smallest absolute Gasteiger partial charge is 0.262 e. The van der Waals surface area contributed by atoms with Crippen LogP contribution in [0.15, 0.2) is 60.7 Å². The van der Waals surface area contributed by atoms with Gasteiger partial charge in [0.05, 0.1) is 0 Å². The number of hydrogen-bond donors (Lipinski definition) is 2. The van der Waals surface area contributed by atoms with Crippen LogP contribution in [0.1, 0.15) is 27.0 Å². The van der Waals surface area contributed by atoms with Crippen molar-refractivity contribution in [2.24, 2.45) is 0 Å². The number of halogens is 1. The van der Waals surface area contributed by atoms with Gasteiger partial charge < -0.3 is 15.4 Å². The summed E-state index contributed by atoms with van der Waals surface area (Å²) in [5, 5.41) is 6.29. The molecule has 154 valence electrons. The minimum Gasteiger partial charge on any atom is -0.484 e. The van der Waals surface area contributed by atoms with E-state index < -0.39 is 0 Å². The highest BCUT2D eigenvalue weighted by Crippen LogP contribution is 2.24. The van der Waals surface area contributed by atoms with Crippen LogP contribution in [-0.2, 0) is 4.79 Å². The second-order valence-corrected chi connectivity index (χ2v) is 7.38. The van der Waals surface area contributed by atoms with Gasteiger partial charge in [-0.25, -0.2) is 0 Å². The fourth-order valence-electron chi connectivity index (χ4n) is 2.86. The Labute approximate surface area is 181 Å². The minimum atomic E-state index is -0.250. The van der Waals surface area contributed by atoms with E-state index in [1.807, 2.05) is 39.0 Å². The Hall–Kier alpha value is -3.31. The van der Waals surface area contributed by atoms with E-state index in [2.05, 4.69) is 10.6 Å². The Balaban J connectivity index is 1.56. The molecule has 3 aromatic rings. The summed E-state index contributed by atoms with van der Waals surface area (Å²) in [6.45, 7) is 5.67. The molecule has 0 saturated carbocycles. The van der Waals surface area contributed by atoms with Gasteiger partial charge in [-0.3, -0.25) is 9.59 Å². The Bertz CT molecular complexity index is 1080. The molecule has 0 aliphatic heterocycles. The molecule has 0 saturated heterocycles. The molecule has 0 atom stereocenters. The molecule has 0 fully saturated rings. The summed E-state index contributed by atoms with van der Waals surface area (Å²) in [6.07, 6.45) is 0. The molecule has 0 aliphatic rings. The third-order valence-electron chi connectivity index (χ3n) is 4.88. The number of ether oxygens (including phenoxy) is 1. The SMILES string of the molecule is Cc1cccc(NC(=O)COc2ccc(C(=O)Nc3cccc(Cl)c3C)cc2)c1C. The van der Waals surface area contributed by atoms with Crippen molar-refractivity contribution in [3.05, 3.63) is 87.9 Å². The van der Waals surface area contributed by atoms with Gasteiger partial charge in [-0.15, -0.1) is 0 Å². The first kappa shape index (κ1) is 21.4. The number of rotatable bonds is 6. The highest BCUT2D eigenvalue weighted by atomic mass is 35.5. The van der Waals surface area contributed by atoms with Gasteiger partial charge in [-0.1, -0.05) is 29.8 Å². The monoisotopic (exact) mass is 422 g/mol. The molecule has 0 spiro atoms. The van der Waals surface area contributed by atoms with Gasteiger partial charge in [-0.05, 0) is 79.9 Å². The summed E-state index contributed by atoms with van der Waals surface area (Å²) in [4.78, 5) is 24.6. The van der Waals surface area contributed by atoms with E-state index in [0.29, 0.717) is 22.0 Å². The fourth-order valence-corrected chi connectivity index (χ4v) is 3.04. The first-order valence-corrected chi connectivity index (χ1v) is 9.88. The van der Waals surface area contributed by atoms with E-state index in [4.69, 9.17) is 16.3 Å². The normalized spacial score (nSPS) is 10.4. The molecule has 0 unspecified atom stereocenters. The van der Waals surface area contributed by atoms with Crippen LogP contribution in [-0.4, -0.2) is 18.4 Å². The second kappa shape index (κ2) is 9.46. The largest absolute Gasteiger partial charge is 0.484 e. The highest BCUT2D eigenvalue weighted by molar-refractivity contribution is 6.31. The number of carbonyl (C=O) groups is 2. The lowest BCUT2D eigenvalue weighted by molar-refractivity contribution is -0.118. The molecule has 2 N–H and O–H groups in total. The van der Waals surface area contributed by atoms with Gasteiger partial charge in [0.2, 0.25) is 0 Å². The van der Waals surface area contributed by atoms with E-state index >= 15 is 0 Å². The molecule has 3 rings (SSSR count). The maximum atomic E-state index is 12.5. The zero-order valence-corrected chi connectivity index (χ0v) is 17.8. The number of hydrogen-bond acceptors (Lipinski definition) is 3. The van der Waals surface area contributed by atoms with Crippen molar-refractivity contribution in [2.45, 2.75) is 20.8 Å². The second-order valence-electron chi connectivity index (χ2n) is 6.98. The van der Waals surface area contributed by atoms with Crippen LogP contribution in [0.3, 0.4) is 0 Å². The van der Waals surface area contributed by atoms with Crippen LogP contribution in [0, 0.1) is 20.8 Å². The van der Waals surface area contributed by atoms with Gasteiger partial charge in [0, 0.05) is 22.0 Å². The van der Waals surface area contributed by atoms with Crippen molar-refractivity contribution in [2.75, 3.05) is 17.2 Å². The summed E-state index contributed by atoms with van der Waals surface area (Å²) in [6, 6.07) is 17.7. The topological polar surface area (TPSA) is 67.4 Å². The number of anilines is 2. The minimum absolute atomic E-state index is 0.124. The van der Waals surface area contributed by atoms with E-state index in [-0.39, 0.29) is 18.4 Å². The zero-order valence-electron chi connectivity index (χ0n) is 17.1. The molecule has 3 aromatic carbocycles. The zero-order chi connectivity index (χ0) is 21.7. The van der Waals surface area contributed by atoms with Gasteiger partial charge in [0.1, 0.15) is 5.75 Å². The predicted molar refractivity (Wildman–Crippen MR) is 121 cm³/mol. The molecule has 0 heterocycles. The molecule has 0 aliphatic carbocycles. The van der Waals surface area contributed by atoms with Crippen LogP contribution in [0.2, 0.25) is 5.02 Å². The Morgan fingerprint density at radius 2 is 1.47 bits per heavy atom. The number of benzene rings is 3. The maximum absolute atomic E-state index is 12.5. The average molecular weight is 423 g/mol. The van der Waals surface area contributed by atoms with E-state index in [1.165, 1.54) is 0 Å². The molecule has 0 aromatic heterocycles. The Morgan fingerprint density at radius 3 is 2.17 bits per heavy atom. The summed E-state index contributed by atoms with van der Waals surface area (Å²) in [5.74, 6) is 0.00290. The molecule has 0 bridgehead atoms. The molecular weight excluding hydrogens is 400 g/mol. The van der Waals surface area contributed by atoms with E-state index in [0.717, 1.165) is 22.4 Å². The third-order valence-corrected chi connectivity index (χ3v) is 5.29. The van der Waals surface area contributed by atoms with Gasteiger partial charge in [0.15, 0.2) is 6.61 Å². The van der Waals surface area contributed by atoms with Crippen molar-refractivity contribution >= 4 is 34.8 Å². The quantitative estimate of drug-likeness (QED) is 0.548. The van der Waals surface area contributed by atoms with Crippen molar-refractivity contribution in [1.29, 1.82) is 0 Å². The lowest BCUT2D eigenvalue weighted by Gasteiger charge is -2.12. The van der Waals surface area contributed by atoms with Gasteiger partial charge in [0.25, 0.3) is 11.8 Å².